The molecule has 4 aromatic rings. The van der Waals surface area contributed by atoms with Crippen molar-refractivity contribution < 1.29 is 45.0 Å². The Morgan fingerprint density at radius 3 is 2.29 bits per heavy atom. The first kappa shape index (κ1) is 29.3. The highest BCUT2D eigenvalue weighted by atomic mass is 32.2. The second-order valence-electron chi connectivity index (χ2n) is 8.62. The van der Waals surface area contributed by atoms with Gasteiger partial charge in [0.2, 0.25) is 0 Å². The van der Waals surface area contributed by atoms with Crippen LogP contribution in [0.4, 0.5) is 23.2 Å². The first-order chi connectivity index (χ1) is 19.2. The van der Waals surface area contributed by atoms with E-state index in [4.69, 9.17) is 9.47 Å². The number of aromatic nitrogens is 2. The van der Waals surface area contributed by atoms with E-state index in [-0.39, 0.29) is 33.0 Å². The Kier molecular flexibility index (Phi) is 7.88. The summed E-state index contributed by atoms with van der Waals surface area (Å²) in [6, 6.07) is 13.6. The topological polar surface area (TPSA) is 117 Å². The maximum Gasteiger partial charge on any atom is 0.435 e. The van der Waals surface area contributed by atoms with Crippen LogP contribution in [0.3, 0.4) is 0 Å². The maximum absolute atomic E-state index is 15.1. The molecule has 0 aliphatic heterocycles. The number of hydrogen-bond donors (Lipinski definition) is 1. The first-order valence-electron chi connectivity index (χ1n) is 11.6. The number of carbonyl (C=O) groups excluding carboxylic acids is 2. The molecule has 14 heteroatoms. The van der Waals surface area contributed by atoms with Crippen molar-refractivity contribution >= 4 is 27.4 Å². The molecule has 41 heavy (non-hydrogen) atoms. The fraction of sp³-hybridized carbons (Fsp3) is 0.148. The molecule has 1 aromatic heterocycles. The Balaban J connectivity index is 1.77. The average Bonchev–Trinajstić information content (AvgIpc) is 3.39. The van der Waals surface area contributed by atoms with Gasteiger partial charge in [-0.15, -0.1) is 0 Å². The van der Waals surface area contributed by atoms with Gasteiger partial charge in [-0.1, -0.05) is 24.3 Å². The summed E-state index contributed by atoms with van der Waals surface area (Å²) in [4.78, 5) is 25.6. The lowest BCUT2D eigenvalue weighted by atomic mass is 10.0. The molecular formula is C27H21F4N3O6S. The molecule has 1 amide bonds. The van der Waals surface area contributed by atoms with Crippen LogP contribution >= 0.6 is 0 Å². The number of rotatable bonds is 7. The van der Waals surface area contributed by atoms with E-state index in [1.165, 1.54) is 49.6 Å². The largest absolute Gasteiger partial charge is 0.497 e. The highest BCUT2D eigenvalue weighted by molar-refractivity contribution is 7.90. The number of halogens is 4. The van der Waals surface area contributed by atoms with Gasteiger partial charge >= 0.3 is 12.1 Å². The van der Waals surface area contributed by atoms with Crippen molar-refractivity contribution in [3.8, 4) is 22.6 Å². The van der Waals surface area contributed by atoms with Crippen molar-refractivity contribution in [2.75, 3.05) is 25.8 Å². The van der Waals surface area contributed by atoms with Crippen molar-refractivity contribution in [1.82, 2.24) is 9.78 Å². The van der Waals surface area contributed by atoms with E-state index >= 15 is 4.39 Å². The standard InChI is InChI=1S/C27H21F4N3O6S/c1-39-16-9-11-21(18(13-16)26(36)40-2)34-22(14-24(33-34)27(29,30)31)25(35)32-20-10-8-15(12-19(20)28)17-6-4-5-7-23(17)41(3,37)38/h4-14H,1-3H3,(H,32,35). The quantitative estimate of drug-likeness (QED) is 0.234. The number of alkyl halides is 3. The Morgan fingerprint density at radius 2 is 1.68 bits per heavy atom. The molecule has 0 fully saturated rings. The molecule has 1 heterocycles. The smallest absolute Gasteiger partial charge is 0.435 e. The molecule has 1 N–H and O–H groups in total. The number of benzene rings is 3. The van der Waals surface area contributed by atoms with E-state index < -0.39 is 50.8 Å². The summed E-state index contributed by atoms with van der Waals surface area (Å²) in [5.74, 6) is -2.92. The Hall–Kier alpha value is -4.72. The van der Waals surface area contributed by atoms with Gasteiger partial charge in [0, 0.05) is 17.9 Å². The van der Waals surface area contributed by atoms with Crippen LogP contribution in [0.2, 0.25) is 0 Å². The normalized spacial score (nSPS) is 11.7. The summed E-state index contributed by atoms with van der Waals surface area (Å²) in [6.07, 6.45) is -3.96. The lowest BCUT2D eigenvalue weighted by Crippen LogP contribution is -2.19. The molecule has 0 saturated carbocycles. The minimum atomic E-state index is -4.96. The predicted octanol–water partition coefficient (Wildman–Crippen LogP) is 5.15. The fourth-order valence-corrected chi connectivity index (χ4v) is 4.88. The first-order valence-corrected chi connectivity index (χ1v) is 13.5. The van der Waals surface area contributed by atoms with Gasteiger partial charge in [0.25, 0.3) is 5.91 Å². The summed E-state index contributed by atoms with van der Waals surface area (Å²) in [5.41, 5.74) is -2.59. The third-order valence-corrected chi connectivity index (χ3v) is 7.04. The molecule has 0 aliphatic rings. The molecule has 9 nitrogen and oxygen atoms in total. The van der Waals surface area contributed by atoms with E-state index in [0.29, 0.717) is 10.7 Å². The predicted molar refractivity (Wildman–Crippen MR) is 139 cm³/mol. The number of amides is 1. The van der Waals surface area contributed by atoms with Gasteiger partial charge in [0.1, 0.15) is 17.3 Å². The van der Waals surface area contributed by atoms with Crippen LogP contribution in [0.1, 0.15) is 26.5 Å². The number of nitrogens with zero attached hydrogens (tertiary/aromatic N) is 2. The Bertz CT molecular complexity index is 1770. The number of anilines is 1. The number of hydrogen-bond acceptors (Lipinski definition) is 7. The van der Waals surface area contributed by atoms with Crippen LogP contribution in [-0.2, 0) is 20.8 Å². The summed E-state index contributed by atoms with van der Waals surface area (Å²) < 4.78 is 90.6. The number of ether oxygens (including phenoxy) is 2. The molecule has 214 valence electrons. The molecule has 0 radical (unpaired) electrons. The molecule has 0 spiro atoms. The van der Waals surface area contributed by atoms with E-state index in [9.17, 15) is 31.2 Å². The van der Waals surface area contributed by atoms with Crippen LogP contribution in [0.15, 0.2) is 71.6 Å². The third-order valence-electron chi connectivity index (χ3n) is 5.88. The molecule has 0 saturated heterocycles. The maximum atomic E-state index is 15.1. The summed E-state index contributed by atoms with van der Waals surface area (Å²) in [5, 5.41) is 5.70. The summed E-state index contributed by atoms with van der Waals surface area (Å²) in [6.45, 7) is 0. The van der Waals surface area contributed by atoms with Crippen molar-refractivity contribution in [2.45, 2.75) is 11.1 Å². The van der Waals surface area contributed by atoms with Gasteiger partial charge in [0.05, 0.1) is 36.1 Å². The summed E-state index contributed by atoms with van der Waals surface area (Å²) in [7, 11) is -1.28. The number of sulfone groups is 1. The van der Waals surface area contributed by atoms with Crippen molar-refractivity contribution in [1.29, 1.82) is 0 Å². The summed E-state index contributed by atoms with van der Waals surface area (Å²) >= 11 is 0. The molecular weight excluding hydrogens is 570 g/mol. The van der Waals surface area contributed by atoms with E-state index in [0.717, 1.165) is 25.5 Å². The van der Waals surface area contributed by atoms with Crippen LogP contribution in [0.5, 0.6) is 5.75 Å². The number of carbonyl (C=O) groups is 2. The number of methoxy groups -OCH3 is 2. The second-order valence-corrected chi connectivity index (χ2v) is 10.6. The molecule has 4 rings (SSSR count). The van der Waals surface area contributed by atoms with Gasteiger partial charge in [-0.3, -0.25) is 4.79 Å². The van der Waals surface area contributed by atoms with Gasteiger partial charge < -0.3 is 14.8 Å². The van der Waals surface area contributed by atoms with Crippen LogP contribution in [0, 0.1) is 5.82 Å². The van der Waals surface area contributed by atoms with Gasteiger partial charge in [-0.2, -0.15) is 18.3 Å². The van der Waals surface area contributed by atoms with E-state index in [1.807, 2.05) is 0 Å². The zero-order valence-electron chi connectivity index (χ0n) is 21.6. The second kappa shape index (κ2) is 11.0. The molecule has 3 aromatic carbocycles. The third kappa shape index (κ3) is 6.06. The van der Waals surface area contributed by atoms with E-state index in [2.05, 4.69) is 10.4 Å². The van der Waals surface area contributed by atoms with Crippen LogP contribution in [0.25, 0.3) is 16.8 Å². The van der Waals surface area contributed by atoms with Gasteiger partial charge in [0.15, 0.2) is 15.5 Å². The Labute approximate surface area is 231 Å². The molecule has 0 bridgehead atoms. The fourth-order valence-electron chi connectivity index (χ4n) is 3.96. The van der Waals surface area contributed by atoms with E-state index in [1.54, 1.807) is 6.07 Å². The Morgan fingerprint density at radius 1 is 0.976 bits per heavy atom. The molecule has 0 atom stereocenters. The lowest BCUT2D eigenvalue weighted by Gasteiger charge is -2.14. The SMILES string of the molecule is COC(=O)c1cc(OC)ccc1-n1nc(C(F)(F)F)cc1C(=O)Nc1ccc(-c2ccccc2S(C)(=O)=O)cc1F. The van der Waals surface area contributed by atoms with Crippen LogP contribution in [-0.4, -0.2) is 50.6 Å². The number of esters is 1. The van der Waals surface area contributed by atoms with Gasteiger partial charge in [-0.05, 0) is 42.0 Å². The molecule has 0 unspecified atom stereocenters. The van der Waals surface area contributed by atoms with Crippen LogP contribution < -0.4 is 10.1 Å². The highest BCUT2D eigenvalue weighted by Crippen LogP contribution is 2.33. The lowest BCUT2D eigenvalue weighted by molar-refractivity contribution is -0.141. The van der Waals surface area contributed by atoms with Crippen molar-refractivity contribution in [3.63, 3.8) is 0 Å². The minimum absolute atomic E-state index is 0.0410. The monoisotopic (exact) mass is 591 g/mol. The van der Waals surface area contributed by atoms with Crippen molar-refractivity contribution in [3.05, 3.63) is 89.5 Å². The number of nitrogens with one attached hydrogen (secondary N) is 1. The average molecular weight is 592 g/mol. The zero-order chi connectivity index (χ0) is 30.1. The molecule has 0 aliphatic carbocycles. The van der Waals surface area contributed by atoms with Gasteiger partial charge in [-0.25, -0.2) is 22.3 Å². The zero-order valence-corrected chi connectivity index (χ0v) is 22.4. The highest BCUT2D eigenvalue weighted by Gasteiger charge is 2.37. The minimum Gasteiger partial charge on any atom is -0.497 e. The van der Waals surface area contributed by atoms with Crippen molar-refractivity contribution in [2.24, 2.45) is 0 Å².